The van der Waals surface area contributed by atoms with Gasteiger partial charge < -0.3 is 19.4 Å². The Balaban J connectivity index is 2.74. The first-order valence-corrected chi connectivity index (χ1v) is 35.3. The molecule has 0 amide bonds. The Morgan fingerprint density at radius 3 is 0.789 bits per heavy atom. The lowest BCUT2D eigenvalue weighted by Crippen LogP contribution is -2.50. The van der Waals surface area contributed by atoms with Gasteiger partial charge >= 0.3 is 5.97 Å². The van der Waals surface area contributed by atoms with Crippen LogP contribution < -0.4 is 0 Å². The quantitative estimate of drug-likeness (QED) is 0.0444. The van der Waals surface area contributed by atoms with Gasteiger partial charge in [-0.25, -0.2) is 0 Å². The van der Waals surface area contributed by atoms with Crippen LogP contribution in [0.5, 0.6) is 0 Å². The zero-order chi connectivity index (χ0) is 54.7. The molecule has 7 heteroatoms. The molecule has 0 spiro atoms. The molecule has 0 aromatic carbocycles. The molecule has 0 unspecified atom stereocenters. The monoisotopic (exact) mass is 1070 g/mol. The molecule has 0 atom stereocenters. The van der Waals surface area contributed by atoms with Crippen LogP contribution in [0.25, 0.3) is 0 Å². The van der Waals surface area contributed by atoms with Gasteiger partial charge in [0, 0.05) is 71.9 Å². The van der Waals surface area contributed by atoms with Gasteiger partial charge in [0.05, 0.1) is 6.61 Å². The third-order valence-corrected chi connectivity index (χ3v) is 17.3. The van der Waals surface area contributed by atoms with Crippen LogP contribution in [-0.2, 0) is 9.53 Å². The van der Waals surface area contributed by atoms with E-state index in [2.05, 4.69) is 59.1 Å². The van der Waals surface area contributed by atoms with E-state index in [-0.39, 0.29) is 5.97 Å². The number of nitrogens with zero attached hydrogens (tertiary/aromatic N) is 5. The Morgan fingerprint density at radius 1 is 0.276 bits per heavy atom. The van der Waals surface area contributed by atoms with Crippen molar-refractivity contribution in [2.45, 2.75) is 336 Å². The molecule has 7 nitrogen and oxygen atoms in total. The van der Waals surface area contributed by atoms with Crippen LogP contribution in [-0.4, -0.2) is 135 Å². The van der Waals surface area contributed by atoms with Gasteiger partial charge in [-0.05, 0) is 77.7 Å². The summed E-state index contributed by atoms with van der Waals surface area (Å²) in [5.74, 6) is 0.00975. The van der Waals surface area contributed by atoms with Crippen LogP contribution in [0.1, 0.15) is 336 Å². The van der Waals surface area contributed by atoms with Crippen molar-refractivity contribution >= 4 is 5.97 Å². The Labute approximate surface area is 479 Å². The van der Waals surface area contributed by atoms with E-state index >= 15 is 0 Å². The van der Waals surface area contributed by atoms with E-state index in [1.54, 1.807) is 0 Å². The molecule has 0 aromatic rings. The van der Waals surface area contributed by atoms with Crippen molar-refractivity contribution in [2.24, 2.45) is 0 Å². The molecule has 0 radical (unpaired) electrons. The summed E-state index contributed by atoms with van der Waals surface area (Å²) in [5, 5.41) is 0. The van der Waals surface area contributed by atoms with Crippen LogP contribution >= 0.6 is 0 Å². The fourth-order valence-electron chi connectivity index (χ4n) is 11.8. The van der Waals surface area contributed by atoms with Crippen molar-refractivity contribution in [3.8, 4) is 0 Å². The molecule has 1 aliphatic rings. The van der Waals surface area contributed by atoms with E-state index in [0.717, 1.165) is 25.7 Å². The topological polar surface area (TPSA) is 42.5 Å². The highest BCUT2D eigenvalue weighted by Crippen LogP contribution is 2.17. The highest BCUT2D eigenvalue weighted by molar-refractivity contribution is 5.69. The summed E-state index contributed by atoms with van der Waals surface area (Å²) in [6.07, 6.45) is 64.0. The fraction of sp³-hybridized carbons (Fsp3) is 0.986. The Hall–Kier alpha value is -0.730. The van der Waals surface area contributed by atoms with Crippen LogP contribution in [0, 0.1) is 0 Å². The summed E-state index contributed by atoms with van der Waals surface area (Å²) in [5.41, 5.74) is 0. The number of rotatable bonds is 63. The molecule has 0 bridgehead atoms. The van der Waals surface area contributed by atoms with Gasteiger partial charge in [-0.1, -0.05) is 285 Å². The Kier molecular flexibility index (Phi) is 58.2. The summed E-state index contributed by atoms with van der Waals surface area (Å²) in [6.45, 7) is 30.7. The van der Waals surface area contributed by atoms with E-state index in [1.165, 1.54) is 368 Å². The first-order valence-electron chi connectivity index (χ1n) is 35.3. The van der Waals surface area contributed by atoms with Gasteiger partial charge in [-0.15, -0.1) is 0 Å². The van der Waals surface area contributed by atoms with Gasteiger partial charge in [0.1, 0.15) is 0 Å². The van der Waals surface area contributed by atoms with Gasteiger partial charge in [-0.3, -0.25) is 14.6 Å². The number of unbranched alkanes of at least 4 members (excludes halogenated alkanes) is 40. The number of esters is 1. The van der Waals surface area contributed by atoms with Crippen molar-refractivity contribution in [3.63, 3.8) is 0 Å². The SMILES string of the molecule is CCCCCCCCCCCCN(CCCCCCCCCCCC)CCN(CCCCCCCCCCCC)CCN1CCN(CCN(CCCCCCCCCCCC)CCCCCC(=O)OCCCCC)CC1. The summed E-state index contributed by atoms with van der Waals surface area (Å²) in [7, 11) is 0. The minimum absolute atomic E-state index is 0.00975. The highest BCUT2D eigenvalue weighted by atomic mass is 16.5. The maximum atomic E-state index is 12.3. The number of carbonyl (C=O) groups is 1. The molecule has 0 saturated carbocycles. The molecule has 0 aliphatic carbocycles. The van der Waals surface area contributed by atoms with Gasteiger partial charge in [-0.2, -0.15) is 0 Å². The highest BCUT2D eigenvalue weighted by Gasteiger charge is 2.19. The van der Waals surface area contributed by atoms with Crippen molar-refractivity contribution < 1.29 is 9.53 Å². The Morgan fingerprint density at radius 2 is 0.500 bits per heavy atom. The predicted molar refractivity (Wildman–Crippen MR) is 339 cm³/mol. The minimum Gasteiger partial charge on any atom is -0.466 e. The first-order chi connectivity index (χ1) is 37.6. The zero-order valence-corrected chi connectivity index (χ0v) is 53.1. The maximum absolute atomic E-state index is 12.3. The fourth-order valence-corrected chi connectivity index (χ4v) is 11.8. The van der Waals surface area contributed by atoms with E-state index in [9.17, 15) is 4.79 Å². The second-order valence-corrected chi connectivity index (χ2v) is 24.7. The summed E-state index contributed by atoms with van der Waals surface area (Å²) < 4.78 is 5.49. The number of ether oxygens (including phenoxy) is 1. The molecular weight excluding hydrogens is 931 g/mol. The number of carbonyl (C=O) groups excluding carboxylic acids is 1. The van der Waals surface area contributed by atoms with Crippen molar-refractivity contribution in [1.29, 1.82) is 0 Å². The predicted octanol–water partition coefficient (Wildman–Crippen LogP) is 19.5. The second-order valence-electron chi connectivity index (χ2n) is 24.7. The molecule has 454 valence electrons. The van der Waals surface area contributed by atoms with E-state index in [1.807, 2.05) is 0 Å². The lowest BCUT2D eigenvalue weighted by Gasteiger charge is -2.37. The average molecular weight is 1070 g/mol. The smallest absolute Gasteiger partial charge is 0.305 e. The molecule has 76 heavy (non-hydrogen) atoms. The van der Waals surface area contributed by atoms with Gasteiger partial charge in [0.25, 0.3) is 0 Å². The minimum atomic E-state index is 0.00975. The van der Waals surface area contributed by atoms with Crippen molar-refractivity contribution in [1.82, 2.24) is 24.5 Å². The molecule has 1 aliphatic heterocycles. The second kappa shape index (κ2) is 60.4. The van der Waals surface area contributed by atoms with Crippen molar-refractivity contribution in [2.75, 3.05) is 105 Å². The molecule has 1 heterocycles. The molecule has 1 saturated heterocycles. The van der Waals surface area contributed by atoms with Gasteiger partial charge in [0.2, 0.25) is 0 Å². The van der Waals surface area contributed by atoms with Crippen LogP contribution in [0.2, 0.25) is 0 Å². The number of hydrogen-bond acceptors (Lipinski definition) is 7. The summed E-state index contributed by atoms with van der Waals surface area (Å²) in [4.78, 5) is 26.5. The van der Waals surface area contributed by atoms with Crippen LogP contribution in [0.15, 0.2) is 0 Å². The van der Waals surface area contributed by atoms with Crippen LogP contribution in [0.4, 0.5) is 0 Å². The lowest BCUT2D eigenvalue weighted by molar-refractivity contribution is -0.143. The Bertz CT molecular complexity index is 1090. The number of hydrogen-bond donors (Lipinski definition) is 0. The maximum Gasteiger partial charge on any atom is 0.305 e. The molecular formula is C69H141N5O2. The third kappa shape index (κ3) is 51.4. The zero-order valence-electron chi connectivity index (χ0n) is 53.1. The first kappa shape index (κ1) is 73.3. The van der Waals surface area contributed by atoms with E-state index in [4.69, 9.17) is 4.74 Å². The van der Waals surface area contributed by atoms with E-state index in [0.29, 0.717) is 13.0 Å². The summed E-state index contributed by atoms with van der Waals surface area (Å²) in [6, 6.07) is 0. The normalized spacial score (nSPS) is 13.6. The van der Waals surface area contributed by atoms with E-state index < -0.39 is 0 Å². The molecule has 0 N–H and O–H groups in total. The molecule has 1 rings (SSSR count). The third-order valence-electron chi connectivity index (χ3n) is 17.3. The largest absolute Gasteiger partial charge is 0.466 e. The summed E-state index contributed by atoms with van der Waals surface area (Å²) >= 11 is 0. The lowest BCUT2D eigenvalue weighted by atomic mass is 10.1. The average Bonchev–Trinajstić information content (AvgIpc) is 3.43. The standard InChI is InChI=1S/C69H141N5O2/c1-6-11-16-20-24-28-32-36-40-46-53-70(54-47-41-37-33-29-25-21-17-12-7-2)58-60-72(57-49-43-39-35-31-27-23-19-14-9-4)61-63-74-66-64-73(65-67-74)62-59-71(55-48-42-38-34-30-26-22-18-13-8-3)56-50-44-45-52-69(75)76-68-51-15-10-5/h6-68H2,1-5H3. The van der Waals surface area contributed by atoms with Gasteiger partial charge in [0.15, 0.2) is 0 Å². The molecule has 1 fully saturated rings. The number of piperazine rings is 1. The van der Waals surface area contributed by atoms with Crippen molar-refractivity contribution in [3.05, 3.63) is 0 Å². The molecule has 0 aromatic heterocycles. The van der Waals surface area contributed by atoms with Crippen LogP contribution in [0.3, 0.4) is 0 Å².